The second-order valence-electron chi connectivity index (χ2n) is 4.92. The molecule has 0 amide bonds. The van der Waals surface area contributed by atoms with Crippen LogP contribution in [0.5, 0.6) is 0 Å². The van der Waals surface area contributed by atoms with Crippen LogP contribution < -0.4 is 5.32 Å². The molecule has 0 saturated carbocycles. The molecular formula is C14H19BrFNO. The highest BCUT2D eigenvalue weighted by molar-refractivity contribution is 9.10. The fourth-order valence-electron chi connectivity index (χ4n) is 2.33. The van der Waals surface area contributed by atoms with Crippen LogP contribution in [0.4, 0.5) is 4.39 Å². The van der Waals surface area contributed by atoms with E-state index in [0.717, 1.165) is 24.0 Å². The highest BCUT2D eigenvalue weighted by Crippen LogP contribution is 2.24. The van der Waals surface area contributed by atoms with Crippen molar-refractivity contribution in [1.82, 2.24) is 5.32 Å². The van der Waals surface area contributed by atoms with E-state index < -0.39 is 0 Å². The Morgan fingerprint density at radius 1 is 1.56 bits per heavy atom. The number of hydrogen-bond donors (Lipinski definition) is 1. The molecule has 1 N–H and O–H groups in total. The van der Waals surface area contributed by atoms with Gasteiger partial charge in [-0.15, -0.1) is 0 Å². The molecule has 0 aliphatic carbocycles. The molecule has 0 spiro atoms. The third-order valence-corrected chi connectivity index (χ3v) is 4.14. The molecule has 0 radical (unpaired) electrons. The van der Waals surface area contributed by atoms with Gasteiger partial charge in [0.1, 0.15) is 5.82 Å². The van der Waals surface area contributed by atoms with Crippen LogP contribution in [0.2, 0.25) is 0 Å². The van der Waals surface area contributed by atoms with Crippen molar-refractivity contribution in [2.75, 3.05) is 13.2 Å². The minimum Gasteiger partial charge on any atom is -0.378 e. The summed E-state index contributed by atoms with van der Waals surface area (Å²) in [7, 11) is 0. The van der Waals surface area contributed by atoms with Gasteiger partial charge in [-0.05, 0) is 44.4 Å². The molecule has 1 aliphatic heterocycles. The lowest BCUT2D eigenvalue weighted by Gasteiger charge is -2.20. The van der Waals surface area contributed by atoms with E-state index in [2.05, 4.69) is 28.2 Å². The van der Waals surface area contributed by atoms with E-state index in [9.17, 15) is 4.39 Å². The zero-order valence-electron chi connectivity index (χ0n) is 10.7. The van der Waals surface area contributed by atoms with Crippen LogP contribution in [0.1, 0.15) is 31.9 Å². The predicted octanol–water partition coefficient (Wildman–Crippen LogP) is 3.66. The van der Waals surface area contributed by atoms with Gasteiger partial charge >= 0.3 is 0 Å². The second kappa shape index (κ2) is 6.13. The van der Waals surface area contributed by atoms with Crippen LogP contribution in [-0.4, -0.2) is 19.3 Å². The number of rotatable bonds is 4. The molecule has 2 nitrogen and oxygen atoms in total. The largest absolute Gasteiger partial charge is 0.378 e. The van der Waals surface area contributed by atoms with Crippen LogP contribution in [0.25, 0.3) is 0 Å². The zero-order chi connectivity index (χ0) is 13.1. The number of benzene rings is 1. The summed E-state index contributed by atoms with van der Waals surface area (Å²) in [5, 5.41) is 3.40. The van der Waals surface area contributed by atoms with Gasteiger partial charge in [0.15, 0.2) is 0 Å². The standard InChI is InChI=1S/C14H19BrFNO/c1-9(13-7-12(15)3-4-14(13)16)17-8-11-5-6-18-10(11)2/h3-4,7,9-11,17H,5-6,8H2,1-2H3. The molecule has 4 heteroatoms. The first kappa shape index (κ1) is 14.0. The van der Waals surface area contributed by atoms with Crippen molar-refractivity contribution < 1.29 is 9.13 Å². The normalized spacial score (nSPS) is 25.3. The quantitative estimate of drug-likeness (QED) is 0.915. The van der Waals surface area contributed by atoms with Crippen molar-refractivity contribution >= 4 is 15.9 Å². The summed E-state index contributed by atoms with van der Waals surface area (Å²) in [5.41, 5.74) is 0.705. The molecule has 0 aromatic heterocycles. The zero-order valence-corrected chi connectivity index (χ0v) is 12.3. The summed E-state index contributed by atoms with van der Waals surface area (Å²) in [5.74, 6) is 0.372. The summed E-state index contributed by atoms with van der Waals surface area (Å²) >= 11 is 3.38. The summed E-state index contributed by atoms with van der Waals surface area (Å²) < 4.78 is 20.1. The Morgan fingerprint density at radius 2 is 2.33 bits per heavy atom. The fraction of sp³-hybridized carbons (Fsp3) is 0.571. The Hall–Kier alpha value is -0.450. The van der Waals surface area contributed by atoms with E-state index in [-0.39, 0.29) is 11.9 Å². The molecule has 1 heterocycles. The summed E-state index contributed by atoms with van der Waals surface area (Å²) in [6.07, 6.45) is 1.39. The Bertz CT molecular complexity index is 413. The van der Waals surface area contributed by atoms with E-state index in [4.69, 9.17) is 4.74 Å². The first-order valence-electron chi connectivity index (χ1n) is 6.38. The van der Waals surface area contributed by atoms with Crippen LogP contribution in [0.3, 0.4) is 0 Å². The monoisotopic (exact) mass is 315 g/mol. The fourth-order valence-corrected chi connectivity index (χ4v) is 2.71. The maximum atomic E-state index is 13.7. The highest BCUT2D eigenvalue weighted by atomic mass is 79.9. The van der Waals surface area contributed by atoms with E-state index in [1.807, 2.05) is 13.0 Å². The number of nitrogens with one attached hydrogen (secondary N) is 1. The summed E-state index contributed by atoms with van der Waals surface area (Å²) in [6, 6.07) is 5.06. The predicted molar refractivity (Wildman–Crippen MR) is 74.0 cm³/mol. The van der Waals surface area contributed by atoms with Crippen LogP contribution >= 0.6 is 15.9 Å². The van der Waals surface area contributed by atoms with Crippen LogP contribution in [0.15, 0.2) is 22.7 Å². The molecule has 1 aromatic rings. The van der Waals surface area contributed by atoms with Crippen LogP contribution in [-0.2, 0) is 4.74 Å². The van der Waals surface area contributed by atoms with Crippen molar-refractivity contribution in [3.63, 3.8) is 0 Å². The average Bonchev–Trinajstić information content (AvgIpc) is 2.75. The van der Waals surface area contributed by atoms with Crippen molar-refractivity contribution in [1.29, 1.82) is 0 Å². The van der Waals surface area contributed by atoms with Gasteiger partial charge in [-0.3, -0.25) is 0 Å². The number of ether oxygens (including phenoxy) is 1. The lowest BCUT2D eigenvalue weighted by molar-refractivity contribution is 0.105. The molecule has 100 valence electrons. The first-order chi connectivity index (χ1) is 8.58. The lowest BCUT2D eigenvalue weighted by Crippen LogP contribution is -2.29. The van der Waals surface area contributed by atoms with E-state index in [1.54, 1.807) is 6.07 Å². The third-order valence-electron chi connectivity index (χ3n) is 3.64. The topological polar surface area (TPSA) is 21.3 Å². The van der Waals surface area contributed by atoms with Gasteiger partial charge in [0, 0.05) is 29.2 Å². The third kappa shape index (κ3) is 3.31. The van der Waals surface area contributed by atoms with Gasteiger partial charge in [0.05, 0.1) is 6.10 Å². The molecule has 0 bridgehead atoms. The maximum absolute atomic E-state index is 13.7. The van der Waals surface area contributed by atoms with Gasteiger partial charge in [-0.2, -0.15) is 0 Å². The molecule has 2 rings (SSSR count). The van der Waals surface area contributed by atoms with Gasteiger partial charge in [0.2, 0.25) is 0 Å². The molecule has 1 fully saturated rings. The first-order valence-corrected chi connectivity index (χ1v) is 7.17. The Balaban J connectivity index is 1.94. The van der Waals surface area contributed by atoms with Gasteiger partial charge in [-0.1, -0.05) is 15.9 Å². The molecule has 1 aliphatic rings. The van der Waals surface area contributed by atoms with E-state index in [0.29, 0.717) is 17.6 Å². The summed E-state index contributed by atoms with van der Waals surface area (Å²) in [4.78, 5) is 0. The SMILES string of the molecule is CC(NCC1CCOC1C)c1cc(Br)ccc1F. The lowest BCUT2D eigenvalue weighted by atomic mass is 10.0. The van der Waals surface area contributed by atoms with Crippen molar-refractivity contribution in [3.8, 4) is 0 Å². The van der Waals surface area contributed by atoms with E-state index >= 15 is 0 Å². The number of hydrogen-bond acceptors (Lipinski definition) is 2. The molecule has 3 atom stereocenters. The molecule has 18 heavy (non-hydrogen) atoms. The van der Waals surface area contributed by atoms with Crippen molar-refractivity contribution in [3.05, 3.63) is 34.1 Å². The maximum Gasteiger partial charge on any atom is 0.128 e. The smallest absolute Gasteiger partial charge is 0.128 e. The average molecular weight is 316 g/mol. The van der Waals surface area contributed by atoms with Crippen molar-refractivity contribution in [2.45, 2.75) is 32.4 Å². The molecule has 3 unspecified atom stereocenters. The molecular weight excluding hydrogens is 297 g/mol. The van der Waals surface area contributed by atoms with Crippen LogP contribution in [0, 0.1) is 11.7 Å². The van der Waals surface area contributed by atoms with Gasteiger partial charge in [-0.25, -0.2) is 4.39 Å². The van der Waals surface area contributed by atoms with E-state index in [1.165, 1.54) is 6.07 Å². The second-order valence-corrected chi connectivity index (χ2v) is 5.84. The van der Waals surface area contributed by atoms with Crippen molar-refractivity contribution in [2.24, 2.45) is 5.92 Å². The van der Waals surface area contributed by atoms with Gasteiger partial charge < -0.3 is 10.1 Å². The Kier molecular flexibility index (Phi) is 4.76. The molecule has 1 saturated heterocycles. The number of halogens is 2. The minimum atomic E-state index is -0.158. The van der Waals surface area contributed by atoms with Gasteiger partial charge in [0.25, 0.3) is 0 Å². The summed E-state index contributed by atoms with van der Waals surface area (Å²) in [6.45, 7) is 5.80. The Labute approximate surface area is 116 Å². The Morgan fingerprint density at radius 3 is 3.00 bits per heavy atom. The highest BCUT2D eigenvalue weighted by Gasteiger charge is 2.24. The minimum absolute atomic E-state index is 0.00954. The molecule has 1 aromatic carbocycles.